The van der Waals surface area contributed by atoms with E-state index in [4.69, 9.17) is 0 Å². The summed E-state index contributed by atoms with van der Waals surface area (Å²) >= 11 is 0. The molecule has 2 nitrogen and oxygen atoms in total. The van der Waals surface area contributed by atoms with E-state index in [0.29, 0.717) is 17.9 Å². The van der Waals surface area contributed by atoms with Gasteiger partial charge in [0.15, 0.2) is 0 Å². The van der Waals surface area contributed by atoms with Crippen LogP contribution in [0, 0.1) is 31.5 Å². The van der Waals surface area contributed by atoms with Crippen LogP contribution in [0.4, 0.5) is 4.39 Å². The van der Waals surface area contributed by atoms with Gasteiger partial charge in [-0.1, -0.05) is 13.0 Å². The summed E-state index contributed by atoms with van der Waals surface area (Å²) in [4.78, 5) is 11.4. The minimum Gasteiger partial charge on any atom is -0.481 e. The van der Waals surface area contributed by atoms with Gasteiger partial charge in [0.25, 0.3) is 0 Å². The van der Waals surface area contributed by atoms with E-state index in [9.17, 15) is 14.3 Å². The van der Waals surface area contributed by atoms with E-state index in [2.05, 4.69) is 6.92 Å². The molecule has 0 aromatic heterocycles. The highest BCUT2D eigenvalue weighted by molar-refractivity contribution is 5.71. The fraction of sp³-hybridized carbons (Fsp3) is 0.562. The molecule has 2 rings (SSSR count). The van der Waals surface area contributed by atoms with Gasteiger partial charge in [-0.25, -0.2) is 4.39 Å². The third kappa shape index (κ3) is 2.80. The van der Waals surface area contributed by atoms with E-state index < -0.39 is 11.9 Å². The molecule has 1 aliphatic rings. The van der Waals surface area contributed by atoms with Gasteiger partial charge in [0.1, 0.15) is 5.82 Å². The topological polar surface area (TPSA) is 37.3 Å². The number of carboxylic acids is 1. The summed E-state index contributed by atoms with van der Waals surface area (Å²) in [6, 6.07) is 3.46. The lowest BCUT2D eigenvalue weighted by molar-refractivity contribution is -0.143. The molecule has 1 saturated carbocycles. The third-order valence-electron chi connectivity index (χ3n) is 4.28. The molecule has 0 radical (unpaired) electrons. The van der Waals surface area contributed by atoms with Crippen molar-refractivity contribution in [2.45, 2.75) is 46.0 Å². The number of aliphatic carboxylic acids is 1. The first kappa shape index (κ1) is 14.0. The Bertz CT molecular complexity index is 473. The number of rotatable bonds is 2. The van der Waals surface area contributed by atoms with Gasteiger partial charge in [0.05, 0.1) is 5.92 Å². The molecule has 0 bridgehead atoms. The molecule has 0 saturated heterocycles. The Balaban J connectivity index is 2.44. The van der Waals surface area contributed by atoms with E-state index in [1.54, 1.807) is 0 Å². The van der Waals surface area contributed by atoms with E-state index in [0.717, 1.165) is 24.0 Å². The van der Waals surface area contributed by atoms with Crippen LogP contribution in [-0.2, 0) is 4.79 Å². The molecule has 0 spiro atoms. The predicted molar refractivity (Wildman–Crippen MR) is 72.8 cm³/mol. The van der Waals surface area contributed by atoms with Crippen molar-refractivity contribution in [1.29, 1.82) is 0 Å². The van der Waals surface area contributed by atoms with Crippen LogP contribution in [-0.4, -0.2) is 11.1 Å². The van der Waals surface area contributed by atoms with Crippen LogP contribution in [0.2, 0.25) is 0 Å². The molecule has 19 heavy (non-hydrogen) atoms. The lowest BCUT2D eigenvalue weighted by Crippen LogP contribution is -2.29. The zero-order chi connectivity index (χ0) is 14.2. The molecule has 0 aliphatic heterocycles. The van der Waals surface area contributed by atoms with Gasteiger partial charge in [-0.2, -0.15) is 0 Å². The van der Waals surface area contributed by atoms with E-state index in [-0.39, 0.29) is 11.7 Å². The molecule has 1 fully saturated rings. The lowest BCUT2D eigenvalue weighted by atomic mass is 9.70. The maximum atomic E-state index is 14.3. The average molecular weight is 264 g/mol. The number of carboxylic acid groups (broad SMARTS) is 1. The smallest absolute Gasteiger partial charge is 0.307 e. The fourth-order valence-electron chi connectivity index (χ4n) is 3.39. The molecule has 3 heteroatoms. The summed E-state index contributed by atoms with van der Waals surface area (Å²) in [5, 5.41) is 9.37. The van der Waals surface area contributed by atoms with Crippen LogP contribution in [0.3, 0.4) is 0 Å². The first-order valence-electron chi connectivity index (χ1n) is 6.89. The minimum atomic E-state index is -0.795. The number of halogens is 1. The van der Waals surface area contributed by atoms with Crippen molar-refractivity contribution in [2.24, 2.45) is 11.8 Å². The zero-order valence-electron chi connectivity index (χ0n) is 11.7. The Morgan fingerprint density at radius 1 is 1.32 bits per heavy atom. The summed E-state index contributed by atoms with van der Waals surface area (Å²) in [6.07, 6.45) is 2.33. The standard InChI is InChI=1S/C16H21FO2/c1-9-4-5-12(16(18)19)13(7-9)15-11(3)6-10(2)8-14(15)17/h6,8-9,12-13H,4-5,7H2,1-3H3,(H,18,19). The number of benzene rings is 1. The van der Waals surface area contributed by atoms with E-state index in [1.165, 1.54) is 6.07 Å². The monoisotopic (exact) mass is 264 g/mol. The molecule has 1 aromatic carbocycles. The number of hydrogen-bond donors (Lipinski definition) is 1. The predicted octanol–water partition coefficient (Wildman–Crippen LogP) is 4.05. The van der Waals surface area contributed by atoms with Crippen molar-refractivity contribution in [1.82, 2.24) is 0 Å². The normalized spacial score (nSPS) is 27.3. The van der Waals surface area contributed by atoms with Crippen LogP contribution in [0.1, 0.15) is 48.8 Å². The van der Waals surface area contributed by atoms with Gasteiger partial charge < -0.3 is 5.11 Å². The van der Waals surface area contributed by atoms with Crippen molar-refractivity contribution in [3.8, 4) is 0 Å². The first-order valence-corrected chi connectivity index (χ1v) is 6.89. The second-order valence-corrected chi connectivity index (χ2v) is 5.95. The Labute approximate surface area is 113 Å². The fourth-order valence-corrected chi connectivity index (χ4v) is 3.39. The highest BCUT2D eigenvalue weighted by atomic mass is 19.1. The molecule has 3 unspecified atom stereocenters. The summed E-state index contributed by atoms with van der Waals surface area (Å²) < 4.78 is 14.3. The van der Waals surface area contributed by atoms with Gasteiger partial charge in [-0.3, -0.25) is 4.79 Å². The summed E-state index contributed by atoms with van der Waals surface area (Å²) in [6.45, 7) is 5.86. The maximum absolute atomic E-state index is 14.3. The van der Waals surface area contributed by atoms with Crippen molar-refractivity contribution < 1.29 is 14.3 Å². The largest absolute Gasteiger partial charge is 0.481 e. The Hall–Kier alpha value is -1.38. The van der Waals surface area contributed by atoms with Gasteiger partial charge in [-0.15, -0.1) is 0 Å². The van der Waals surface area contributed by atoms with Crippen molar-refractivity contribution in [2.75, 3.05) is 0 Å². The molecule has 0 heterocycles. The number of aryl methyl sites for hydroxylation is 2. The Morgan fingerprint density at radius 2 is 2.00 bits per heavy atom. The first-order chi connectivity index (χ1) is 8.90. The molecule has 1 aliphatic carbocycles. The van der Waals surface area contributed by atoms with Gasteiger partial charge >= 0.3 is 5.97 Å². The maximum Gasteiger partial charge on any atom is 0.307 e. The van der Waals surface area contributed by atoms with E-state index >= 15 is 0 Å². The second-order valence-electron chi connectivity index (χ2n) is 5.95. The van der Waals surface area contributed by atoms with Crippen molar-refractivity contribution >= 4 is 5.97 Å². The molecule has 0 amide bonds. The molecule has 1 aromatic rings. The molecule has 3 atom stereocenters. The van der Waals surface area contributed by atoms with Crippen molar-refractivity contribution in [3.05, 3.63) is 34.6 Å². The Kier molecular flexibility index (Phi) is 3.93. The number of carbonyl (C=O) groups is 1. The lowest BCUT2D eigenvalue weighted by Gasteiger charge is -2.33. The summed E-state index contributed by atoms with van der Waals surface area (Å²) in [5.74, 6) is -1.23. The van der Waals surface area contributed by atoms with Crippen LogP contribution in [0.5, 0.6) is 0 Å². The third-order valence-corrected chi connectivity index (χ3v) is 4.28. The van der Waals surface area contributed by atoms with Gasteiger partial charge in [-0.05, 0) is 61.8 Å². The van der Waals surface area contributed by atoms with E-state index in [1.807, 2.05) is 19.9 Å². The van der Waals surface area contributed by atoms with Crippen LogP contribution in [0.15, 0.2) is 12.1 Å². The number of hydrogen-bond acceptors (Lipinski definition) is 1. The molecular formula is C16H21FO2. The zero-order valence-corrected chi connectivity index (χ0v) is 11.7. The molecule has 1 N–H and O–H groups in total. The van der Waals surface area contributed by atoms with Gasteiger partial charge in [0, 0.05) is 5.92 Å². The second kappa shape index (κ2) is 5.32. The van der Waals surface area contributed by atoms with Crippen LogP contribution >= 0.6 is 0 Å². The summed E-state index contributed by atoms with van der Waals surface area (Å²) in [5.41, 5.74) is 2.38. The highest BCUT2D eigenvalue weighted by Gasteiger charge is 2.36. The Morgan fingerprint density at radius 3 is 2.58 bits per heavy atom. The van der Waals surface area contributed by atoms with Crippen LogP contribution < -0.4 is 0 Å². The average Bonchev–Trinajstić information content (AvgIpc) is 2.27. The van der Waals surface area contributed by atoms with Crippen LogP contribution in [0.25, 0.3) is 0 Å². The SMILES string of the molecule is Cc1cc(C)c(C2CC(C)CCC2C(=O)O)c(F)c1. The van der Waals surface area contributed by atoms with Gasteiger partial charge in [0.2, 0.25) is 0 Å². The summed E-state index contributed by atoms with van der Waals surface area (Å²) in [7, 11) is 0. The minimum absolute atomic E-state index is 0.193. The highest BCUT2D eigenvalue weighted by Crippen LogP contribution is 2.42. The molecule has 104 valence electrons. The quantitative estimate of drug-likeness (QED) is 0.875. The molecular weight excluding hydrogens is 243 g/mol. The van der Waals surface area contributed by atoms with Crippen molar-refractivity contribution in [3.63, 3.8) is 0 Å².